The molecular formula is C15H23NS. The zero-order valence-corrected chi connectivity index (χ0v) is 11.6. The van der Waals surface area contributed by atoms with E-state index in [-0.39, 0.29) is 0 Å². The summed E-state index contributed by atoms with van der Waals surface area (Å²) in [4.78, 5) is 0. The molecule has 2 rings (SSSR count). The van der Waals surface area contributed by atoms with Gasteiger partial charge in [-0.3, -0.25) is 0 Å². The van der Waals surface area contributed by atoms with Crippen LogP contribution in [0.5, 0.6) is 0 Å². The Hall–Kier alpha value is -0.470. The second kappa shape index (κ2) is 7.07. The van der Waals surface area contributed by atoms with Crippen molar-refractivity contribution in [3.8, 4) is 0 Å². The molecule has 1 aromatic carbocycles. The molecule has 0 saturated carbocycles. The van der Waals surface area contributed by atoms with Crippen LogP contribution in [0, 0.1) is 5.92 Å². The van der Waals surface area contributed by atoms with Crippen LogP contribution in [-0.4, -0.2) is 18.1 Å². The summed E-state index contributed by atoms with van der Waals surface area (Å²) in [5, 5.41) is 3.60. The van der Waals surface area contributed by atoms with E-state index in [2.05, 4.69) is 48.3 Å². The molecule has 2 heteroatoms. The highest BCUT2D eigenvalue weighted by Gasteiger charge is 2.12. The van der Waals surface area contributed by atoms with Gasteiger partial charge in [0.05, 0.1) is 0 Å². The number of rotatable bonds is 5. The first-order valence-electron chi connectivity index (χ1n) is 6.74. The molecule has 0 radical (unpaired) electrons. The van der Waals surface area contributed by atoms with Gasteiger partial charge in [0.1, 0.15) is 0 Å². The lowest BCUT2D eigenvalue weighted by Crippen LogP contribution is -2.25. The maximum absolute atomic E-state index is 3.60. The summed E-state index contributed by atoms with van der Waals surface area (Å²) in [5.74, 6) is 3.63. The monoisotopic (exact) mass is 249 g/mol. The predicted octanol–water partition coefficient (Wildman–Crippen LogP) is 3.48. The third-order valence-corrected chi connectivity index (χ3v) is 4.58. The van der Waals surface area contributed by atoms with Crippen LogP contribution in [0.2, 0.25) is 0 Å². The lowest BCUT2D eigenvalue weighted by atomic mass is 10.0. The third-order valence-electron chi connectivity index (χ3n) is 3.53. The van der Waals surface area contributed by atoms with Crippen LogP contribution < -0.4 is 5.32 Å². The molecule has 0 atom stereocenters. The molecule has 1 aromatic rings. The molecule has 0 spiro atoms. The van der Waals surface area contributed by atoms with Crippen molar-refractivity contribution >= 4 is 11.8 Å². The van der Waals surface area contributed by atoms with Gasteiger partial charge in [0.25, 0.3) is 0 Å². The molecule has 1 aliphatic rings. The molecule has 0 amide bonds. The minimum Gasteiger partial charge on any atom is -0.312 e. The molecular weight excluding hydrogens is 226 g/mol. The zero-order valence-electron chi connectivity index (χ0n) is 10.7. The fourth-order valence-corrected chi connectivity index (χ4v) is 3.47. The summed E-state index contributed by atoms with van der Waals surface area (Å²) < 4.78 is 0. The minimum absolute atomic E-state index is 0.908. The smallest absolute Gasteiger partial charge is 0.0205 e. The molecule has 1 saturated heterocycles. The molecule has 94 valence electrons. The normalized spacial score (nSPS) is 17.2. The zero-order chi connectivity index (χ0) is 11.9. The van der Waals surface area contributed by atoms with E-state index in [4.69, 9.17) is 0 Å². The Kier molecular flexibility index (Phi) is 5.40. The van der Waals surface area contributed by atoms with E-state index < -0.39 is 0 Å². The van der Waals surface area contributed by atoms with E-state index in [0.717, 1.165) is 18.9 Å². The van der Waals surface area contributed by atoms with Crippen LogP contribution in [0.1, 0.15) is 30.9 Å². The van der Waals surface area contributed by atoms with Crippen molar-refractivity contribution < 1.29 is 0 Å². The van der Waals surface area contributed by atoms with Crippen molar-refractivity contribution in [1.82, 2.24) is 5.32 Å². The Morgan fingerprint density at radius 3 is 2.41 bits per heavy atom. The Bertz CT molecular complexity index is 314. The summed E-state index contributed by atoms with van der Waals surface area (Å²) >= 11 is 2.10. The number of aryl methyl sites for hydroxylation is 1. The average molecular weight is 249 g/mol. The van der Waals surface area contributed by atoms with E-state index in [1.807, 2.05) is 0 Å². The average Bonchev–Trinajstić information content (AvgIpc) is 2.41. The topological polar surface area (TPSA) is 12.0 Å². The molecule has 0 aromatic heterocycles. The van der Waals surface area contributed by atoms with Gasteiger partial charge in [0, 0.05) is 6.54 Å². The first-order chi connectivity index (χ1) is 8.38. The molecule has 1 heterocycles. The van der Waals surface area contributed by atoms with Crippen LogP contribution in [0.4, 0.5) is 0 Å². The van der Waals surface area contributed by atoms with E-state index in [1.54, 1.807) is 0 Å². The first kappa shape index (κ1) is 13.0. The Morgan fingerprint density at radius 2 is 1.76 bits per heavy atom. The maximum Gasteiger partial charge on any atom is 0.0205 e. The number of hydrogen-bond acceptors (Lipinski definition) is 2. The van der Waals surface area contributed by atoms with Gasteiger partial charge in [-0.05, 0) is 54.4 Å². The van der Waals surface area contributed by atoms with Crippen molar-refractivity contribution in [2.75, 3.05) is 18.1 Å². The van der Waals surface area contributed by atoms with E-state index in [0.29, 0.717) is 0 Å². The molecule has 1 nitrogen and oxygen atoms in total. The molecule has 17 heavy (non-hydrogen) atoms. The van der Waals surface area contributed by atoms with Crippen molar-refractivity contribution in [2.45, 2.75) is 32.7 Å². The summed E-state index contributed by atoms with van der Waals surface area (Å²) in [6, 6.07) is 8.99. The second-order valence-corrected chi connectivity index (χ2v) is 6.08. The molecule has 1 aliphatic heterocycles. The van der Waals surface area contributed by atoms with Crippen molar-refractivity contribution in [3.05, 3.63) is 35.4 Å². The Labute approximate surface area is 109 Å². The SMILES string of the molecule is CCc1ccc(CNCC2CCSCC2)cc1. The largest absolute Gasteiger partial charge is 0.312 e. The van der Waals surface area contributed by atoms with Crippen LogP contribution >= 0.6 is 11.8 Å². The lowest BCUT2D eigenvalue weighted by Gasteiger charge is -2.21. The second-order valence-electron chi connectivity index (χ2n) is 4.86. The van der Waals surface area contributed by atoms with E-state index in [9.17, 15) is 0 Å². The molecule has 0 aliphatic carbocycles. The number of thioether (sulfide) groups is 1. The summed E-state index contributed by atoms with van der Waals surface area (Å²) in [7, 11) is 0. The highest BCUT2D eigenvalue weighted by atomic mass is 32.2. The van der Waals surface area contributed by atoms with Crippen LogP contribution in [0.15, 0.2) is 24.3 Å². The van der Waals surface area contributed by atoms with Gasteiger partial charge in [0.2, 0.25) is 0 Å². The Balaban J connectivity index is 1.69. The first-order valence-corrected chi connectivity index (χ1v) is 7.90. The van der Waals surface area contributed by atoms with Gasteiger partial charge in [-0.15, -0.1) is 0 Å². The fraction of sp³-hybridized carbons (Fsp3) is 0.600. The van der Waals surface area contributed by atoms with Crippen LogP contribution in [0.3, 0.4) is 0 Å². The summed E-state index contributed by atoms with van der Waals surface area (Å²) in [6.07, 6.45) is 3.92. The summed E-state index contributed by atoms with van der Waals surface area (Å²) in [5.41, 5.74) is 2.84. The summed E-state index contributed by atoms with van der Waals surface area (Å²) in [6.45, 7) is 4.41. The van der Waals surface area contributed by atoms with Gasteiger partial charge < -0.3 is 5.32 Å². The predicted molar refractivity (Wildman–Crippen MR) is 77.6 cm³/mol. The van der Waals surface area contributed by atoms with Gasteiger partial charge in [-0.25, -0.2) is 0 Å². The Morgan fingerprint density at radius 1 is 1.12 bits per heavy atom. The van der Waals surface area contributed by atoms with Crippen molar-refractivity contribution in [2.24, 2.45) is 5.92 Å². The highest BCUT2D eigenvalue weighted by Crippen LogP contribution is 2.21. The van der Waals surface area contributed by atoms with E-state index in [1.165, 1.54) is 42.0 Å². The highest BCUT2D eigenvalue weighted by molar-refractivity contribution is 7.99. The standard InChI is InChI=1S/C15H23NS/c1-2-13-3-5-14(6-4-13)11-16-12-15-7-9-17-10-8-15/h3-6,15-16H,2,7-12H2,1H3. The van der Waals surface area contributed by atoms with Crippen LogP contribution in [0.25, 0.3) is 0 Å². The number of hydrogen-bond donors (Lipinski definition) is 1. The van der Waals surface area contributed by atoms with Gasteiger partial charge in [-0.2, -0.15) is 11.8 Å². The van der Waals surface area contributed by atoms with Crippen LogP contribution in [-0.2, 0) is 13.0 Å². The molecule has 1 fully saturated rings. The molecule has 0 unspecified atom stereocenters. The maximum atomic E-state index is 3.60. The van der Waals surface area contributed by atoms with Gasteiger partial charge in [-0.1, -0.05) is 31.2 Å². The van der Waals surface area contributed by atoms with Crippen molar-refractivity contribution in [3.63, 3.8) is 0 Å². The quantitative estimate of drug-likeness (QED) is 0.857. The lowest BCUT2D eigenvalue weighted by molar-refractivity contribution is 0.447. The van der Waals surface area contributed by atoms with Gasteiger partial charge in [0.15, 0.2) is 0 Å². The molecule has 1 N–H and O–H groups in total. The third kappa shape index (κ3) is 4.36. The van der Waals surface area contributed by atoms with Gasteiger partial charge >= 0.3 is 0 Å². The number of benzene rings is 1. The number of nitrogens with one attached hydrogen (secondary N) is 1. The minimum atomic E-state index is 0.908. The fourth-order valence-electron chi connectivity index (χ4n) is 2.26. The molecule has 0 bridgehead atoms. The van der Waals surface area contributed by atoms with Crippen molar-refractivity contribution in [1.29, 1.82) is 0 Å². The van der Waals surface area contributed by atoms with E-state index >= 15 is 0 Å².